The normalized spacial score (nSPS) is 10.4. The molecule has 0 bridgehead atoms. The molecule has 14 heavy (non-hydrogen) atoms. The lowest BCUT2D eigenvalue weighted by Crippen LogP contribution is -1.79. The fourth-order valence-corrected chi connectivity index (χ4v) is 2.75. The van der Waals surface area contributed by atoms with Crippen LogP contribution in [0, 0.1) is 0 Å². The topological polar surface area (TPSA) is 51.8 Å². The second-order valence-corrected chi connectivity index (χ2v) is 5.14. The molecule has 72 valence electrons. The molecule has 0 amide bonds. The fourth-order valence-electron chi connectivity index (χ4n) is 0.883. The summed E-state index contributed by atoms with van der Waals surface area (Å²) in [4.78, 5) is 0.963. The number of halogens is 1. The van der Waals surface area contributed by atoms with Crippen LogP contribution in [0.2, 0.25) is 5.02 Å². The van der Waals surface area contributed by atoms with Crippen molar-refractivity contribution in [3.63, 3.8) is 0 Å². The zero-order valence-corrected chi connectivity index (χ0v) is 9.36. The van der Waals surface area contributed by atoms with Gasteiger partial charge in [-0.1, -0.05) is 46.8 Å². The monoisotopic (exact) mass is 243 g/mol. The van der Waals surface area contributed by atoms with Crippen LogP contribution in [-0.4, -0.2) is 10.2 Å². The molecule has 6 heteroatoms. The van der Waals surface area contributed by atoms with Gasteiger partial charge in [-0.05, 0) is 12.1 Å². The quantitative estimate of drug-likeness (QED) is 0.881. The molecule has 0 radical (unpaired) electrons. The average molecular weight is 244 g/mol. The van der Waals surface area contributed by atoms with Gasteiger partial charge in [0, 0.05) is 4.90 Å². The first-order valence-corrected chi connectivity index (χ1v) is 5.78. The Labute approximate surface area is 94.3 Å². The number of nitrogens with zero attached hydrogens (tertiary/aromatic N) is 2. The van der Waals surface area contributed by atoms with Gasteiger partial charge in [0.1, 0.15) is 0 Å². The van der Waals surface area contributed by atoms with E-state index in [9.17, 15) is 0 Å². The summed E-state index contributed by atoms with van der Waals surface area (Å²) in [7, 11) is 0. The molecular formula is C8H6ClN3S2. The first-order chi connectivity index (χ1) is 6.75. The summed E-state index contributed by atoms with van der Waals surface area (Å²) >= 11 is 8.80. The molecular weight excluding hydrogens is 238 g/mol. The lowest BCUT2D eigenvalue weighted by atomic mass is 10.4. The van der Waals surface area contributed by atoms with Crippen LogP contribution in [-0.2, 0) is 0 Å². The van der Waals surface area contributed by atoms with Crippen molar-refractivity contribution in [2.45, 2.75) is 9.24 Å². The fraction of sp³-hybridized carbons (Fsp3) is 0. The molecule has 1 aromatic heterocycles. The van der Waals surface area contributed by atoms with Gasteiger partial charge in [0.15, 0.2) is 4.34 Å². The SMILES string of the molecule is Nc1nnc(Sc2ccccc2Cl)s1. The third-order valence-corrected chi connectivity index (χ3v) is 3.78. The molecule has 0 unspecified atom stereocenters. The third kappa shape index (κ3) is 2.17. The van der Waals surface area contributed by atoms with Gasteiger partial charge in [-0.3, -0.25) is 0 Å². The predicted molar refractivity (Wildman–Crippen MR) is 59.9 cm³/mol. The lowest BCUT2D eigenvalue weighted by molar-refractivity contribution is 1.02. The van der Waals surface area contributed by atoms with Crippen LogP contribution >= 0.6 is 34.7 Å². The Bertz CT molecular complexity index is 444. The molecule has 1 heterocycles. The van der Waals surface area contributed by atoms with Gasteiger partial charge in [-0.15, -0.1) is 10.2 Å². The number of hydrogen-bond donors (Lipinski definition) is 1. The smallest absolute Gasteiger partial charge is 0.203 e. The lowest BCUT2D eigenvalue weighted by Gasteiger charge is -1.98. The van der Waals surface area contributed by atoms with Gasteiger partial charge < -0.3 is 5.73 Å². The van der Waals surface area contributed by atoms with Crippen LogP contribution in [0.15, 0.2) is 33.5 Å². The number of nitrogen functional groups attached to an aromatic ring is 1. The molecule has 0 spiro atoms. The van der Waals surface area contributed by atoms with E-state index in [4.69, 9.17) is 17.3 Å². The van der Waals surface area contributed by atoms with E-state index in [0.29, 0.717) is 10.2 Å². The van der Waals surface area contributed by atoms with Gasteiger partial charge in [-0.25, -0.2) is 0 Å². The van der Waals surface area contributed by atoms with Gasteiger partial charge in [0.25, 0.3) is 0 Å². The third-order valence-electron chi connectivity index (χ3n) is 1.46. The molecule has 2 aromatic rings. The maximum absolute atomic E-state index is 5.99. The maximum Gasteiger partial charge on any atom is 0.203 e. The van der Waals surface area contributed by atoms with Crippen LogP contribution in [0.3, 0.4) is 0 Å². The van der Waals surface area contributed by atoms with Crippen LogP contribution < -0.4 is 5.73 Å². The van der Waals surface area contributed by atoms with E-state index in [-0.39, 0.29) is 0 Å². The summed E-state index contributed by atoms with van der Waals surface area (Å²) in [5.41, 5.74) is 5.47. The summed E-state index contributed by atoms with van der Waals surface area (Å²) in [5.74, 6) is 0. The highest BCUT2D eigenvalue weighted by atomic mass is 35.5. The van der Waals surface area contributed by atoms with Crippen molar-refractivity contribution in [2.24, 2.45) is 0 Å². The van der Waals surface area contributed by atoms with E-state index in [1.807, 2.05) is 24.3 Å². The van der Waals surface area contributed by atoms with E-state index in [1.165, 1.54) is 23.1 Å². The molecule has 0 saturated carbocycles. The summed E-state index contributed by atoms with van der Waals surface area (Å²) in [5, 5.41) is 8.81. The van der Waals surface area contributed by atoms with Crippen LogP contribution in [0.5, 0.6) is 0 Å². The second kappa shape index (κ2) is 4.16. The Hall–Kier alpha value is -0.780. The zero-order valence-electron chi connectivity index (χ0n) is 6.98. The minimum atomic E-state index is 0.472. The number of aromatic nitrogens is 2. The number of nitrogens with two attached hydrogens (primary N) is 1. The standard InChI is InChI=1S/C8H6ClN3S2/c9-5-3-1-2-4-6(5)13-8-12-11-7(10)14-8/h1-4H,(H2,10,11). The summed E-state index contributed by atoms with van der Waals surface area (Å²) in [6.45, 7) is 0. The molecule has 0 fully saturated rings. The summed E-state index contributed by atoms with van der Waals surface area (Å²) < 4.78 is 0.801. The van der Waals surface area contributed by atoms with Gasteiger partial charge in [0.2, 0.25) is 5.13 Å². The molecule has 0 atom stereocenters. The highest BCUT2D eigenvalue weighted by Gasteiger charge is 2.05. The van der Waals surface area contributed by atoms with Gasteiger partial charge in [-0.2, -0.15) is 0 Å². The van der Waals surface area contributed by atoms with E-state index in [2.05, 4.69) is 10.2 Å². The highest BCUT2D eigenvalue weighted by molar-refractivity contribution is 8.01. The minimum absolute atomic E-state index is 0.472. The van der Waals surface area contributed by atoms with Crippen molar-refractivity contribution < 1.29 is 0 Å². The molecule has 3 nitrogen and oxygen atoms in total. The van der Waals surface area contributed by atoms with Crippen LogP contribution in [0.4, 0.5) is 5.13 Å². The Balaban J connectivity index is 2.23. The van der Waals surface area contributed by atoms with Gasteiger partial charge in [0.05, 0.1) is 5.02 Å². The predicted octanol–water partition coefficient (Wildman–Crippen LogP) is 2.92. The Morgan fingerprint density at radius 2 is 2.07 bits per heavy atom. The zero-order chi connectivity index (χ0) is 9.97. The van der Waals surface area contributed by atoms with Crippen LogP contribution in [0.1, 0.15) is 0 Å². The molecule has 2 rings (SSSR count). The number of hydrogen-bond acceptors (Lipinski definition) is 5. The highest BCUT2D eigenvalue weighted by Crippen LogP contribution is 2.34. The minimum Gasteiger partial charge on any atom is -0.374 e. The van der Waals surface area contributed by atoms with E-state index < -0.39 is 0 Å². The maximum atomic E-state index is 5.99. The largest absolute Gasteiger partial charge is 0.374 e. The van der Waals surface area contributed by atoms with Crippen molar-refractivity contribution in [3.05, 3.63) is 29.3 Å². The van der Waals surface area contributed by atoms with E-state index >= 15 is 0 Å². The van der Waals surface area contributed by atoms with E-state index in [1.54, 1.807) is 0 Å². The van der Waals surface area contributed by atoms with Crippen LogP contribution in [0.25, 0.3) is 0 Å². The molecule has 1 aromatic carbocycles. The molecule has 0 aliphatic carbocycles. The van der Waals surface area contributed by atoms with Crippen molar-refractivity contribution in [3.8, 4) is 0 Å². The number of anilines is 1. The Morgan fingerprint density at radius 1 is 1.29 bits per heavy atom. The Morgan fingerprint density at radius 3 is 2.71 bits per heavy atom. The number of rotatable bonds is 2. The van der Waals surface area contributed by atoms with Crippen molar-refractivity contribution >= 4 is 39.8 Å². The molecule has 2 N–H and O–H groups in total. The van der Waals surface area contributed by atoms with E-state index in [0.717, 1.165) is 9.24 Å². The number of benzene rings is 1. The van der Waals surface area contributed by atoms with Gasteiger partial charge >= 0.3 is 0 Å². The molecule has 0 aliphatic heterocycles. The first-order valence-electron chi connectivity index (χ1n) is 3.77. The second-order valence-electron chi connectivity index (χ2n) is 2.44. The van der Waals surface area contributed by atoms with Crippen molar-refractivity contribution in [2.75, 3.05) is 5.73 Å². The first kappa shape index (κ1) is 9.76. The average Bonchev–Trinajstić information content (AvgIpc) is 2.56. The van der Waals surface area contributed by atoms with Crippen molar-refractivity contribution in [1.29, 1.82) is 0 Å². The molecule has 0 saturated heterocycles. The van der Waals surface area contributed by atoms with Crippen molar-refractivity contribution in [1.82, 2.24) is 10.2 Å². The summed E-state index contributed by atoms with van der Waals surface area (Å²) in [6.07, 6.45) is 0. The molecule has 0 aliphatic rings. The Kier molecular flexibility index (Phi) is 2.90. The summed E-state index contributed by atoms with van der Waals surface area (Å²) in [6, 6.07) is 7.60.